The van der Waals surface area contributed by atoms with Crippen molar-refractivity contribution in [3.05, 3.63) is 59.9 Å². The van der Waals surface area contributed by atoms with E-state index in [-0.39, 0.29) is 5.91 Å². The van der Waals surface area contributed by atoms with E-state index in [1.165, 1.54) is 6.07 Å². The van der Waals surface area contributed by atoms with E-state index in [0.717, 1.165) is 30.2 Å². The second kappa shape index (κ2) is 9.09. The molecule has 0 saturated carbocycles. The van der Waals surface area contributed by atoms with Crippen LogP contribution in [-0.2, 0) is 16.0 Å². The van der Waals surface area contributed by atoms with Gasteiger partial charge in [0.1, 0.15) is 17.1 Å². The Hall–Kier alpha value is -3.19. The minimum Gasteiger partial charge on any atom is -0.497 e. The highest BCUT2D eigenvalue weighted by Gasteiger charge is 2.15. The zero-order chi connectivity index (χ0) is 20.9. The fourth-order valence-electron chi connectivity index (χ4n) is 3.50. The van der Waals surface area contributed by atoms with Crippen molar-refractivity contribution in [2.45, 2.75) is 12.8 Å². The van der Waals surface area contributed by atoms with Gasteiger partial charge in [-0.05, 0) is 48.4 Å². The number of methoxy groups -OCH3 is 1. The van der Waals surface area contributed by atoms with Gasteiger partial charge in [0.25, 0.3) is 0 Å². The molecule has 1 aliphatic heterocycles. The average molecular weight is 409 g/mol. The molecule has 3 aromatic rings. The standard InChI is InChI=1S/C23H24FN3O3/c1-29-19-6-2-16(3-7-19)4-9-22(28)25-18-14-17-5-8-21(26-23(17)20(24)15-18)27-10-12-30-13-11-27/h2-3,5-8,14-15H,4,9-13H2,1H3,(H,25,28). The number of nitrogens with one attached hydrogen (secondary N) is 1. The fourth-order valence-corrected chi connectivity index (χ4v) is 3.50. The molecular weight excluding hydrogens is 385 g/mol. The molecule has 1 amide bonds. The van der Waals surface area contributed by atoms with Gasteiger partial charge in [-0.25, -0.2) is 9.37 Å². The molecule has 2 aromatic carbocycles. The van der Waals surface area contributed by atoms with Crippen LogP contribution in [0, 0.1) is 5.82 Å². The average Bonchev–Trinajstić information content (AvgIpc) is 2.78. The number of carbonyl (C=O) groups is 1. The highest BCUT2D eigenvalue weighted by Crippen LogP contribution is 2.25. The first-order valence-electron chi connectivity index (χ1n) is 9.98. The molecule has 1 fully saturated rings. The normalized spacial score (nSPS) is 14.0. The lowest BCUT2D eigenvalue weighted by Gasteiger charge is -2.28. The molecule has 0 atom stereocenters. The molecule has 0 radical (unpaired) electrons. The Morgan fingerprint density at radius 2 is 1.93 bits per heavy atom. The number of amides is 1. The highest BCUT2D eigenvalue weighted by molar-refractivity contribution is 5.94. The molecule has 0 aliphatic carbocycles. The van der Waals surface area contributed by atoms with E-state index in [1.54, 1.807) is 13.2 Å². The summed E-state index contributed by atoms with van der Waals surface area (Å²) in [6.45, 7) is 2.76. The number of aromatic nitrogens is 1. The summed E-state index contributed by atoms with van der Waals surface area (Å²) < 4.78 is 25.2. The number of pyridine rings is 1. The predicted octanol–water partition coefficient (Wildman–Crippen LogP) is 3.79. The molecule has 156 valence electrons. The van der Waals surface area contributed by atoms with Gasteiger partial charge in [-0.3, -0.25) is 4.79 Å². The number of benzene rings is 2. The Morgan fingerprint density at radius 3 is 2.67 bits per heavy atom. The van der Waals surface area contributed by atoms with Crippen LogP contribution in [0.2, 0.25) is 0 Å². The lowest BCUT2D eigenvalue weighted by molar-refractivity contribution is -0.116. The fraction of sp³-hybridized carbons (Fsp3) is 0.304. The Bertz CT molecular complexity index is 1030. The minimum atomic E-state index is -0.451. The second-order valence-electron chi connectivity index (χ2n) is 7.19. The first kappa shape index (κ1) is 20.1. The molecule has 4 rings (SSSR count). The van der Waals surface area contributed by atoms with Crippen LogP contribution >= 0.6 is 0 Å². The van der Waals surface area contributed by atoms with E-state index in [4.69, 9.17) is 9.47 Å². The summed E-state index contributed by atoms with van der Waals surface area (Å²) in [6, 6.07) is 14.4. The number of ether oxygens (including phenoxy) is 2. The summed E-state index contributed by atoms with van der Waals surface area (Å²) in [5.74, 6) is 0.900. The Balaban J connectivity index is 1.42. The van der Waals surface area contributed by atoms with E-state index in [2.05, 4.69) is 15.2 Å². The zero-order valence-electron chi connectivity index (χ0n) is 16.9. The third kappa shape index (κ3) is 4.68. The number of morpholine rings is 1. The molecule has 1 N–H and O–H groups in total. The topological polar surface area (TPSA) is 63.7 Å². The summed E-state index contributed by atoms with van der Waals surface area (Å²) in [5.41, 5.74) is 1.77. The Labute approximate surface area is 174 Å². The van der Waals surface area contributed by atoms with E-state index < -0.39 is 5.82 Å². The van der Waals surface area contributed by atoms with Crippen LogP contribution in [0.1, 0.15) is 12.0 Å². The summed E-state index contributed by atoms with van der Waals surface area (Å²) >= 11 is 0. The molecule has 0 bridgehead atoms. The van der Waals surface area contributed by atoms with Gasteiger partial charge >= 0.3 is 0 Å². The van der Waals surface area contributed by atoms with E-state index in [0.29, 0.717) is 42.6 Å². The number of fused-ring (bicyclic) bond motifs is 1. The number of halogens is 1. The molecule has 1 saturated heterocycles. The van der Waals surface area contributed by atoms with Crippen molar-refractivity contribution in [2.24, 2.45) is 0 Å². The monoisotopic (exact) mass is 409 g/mol. The molecule has 30 heavy (non-hydrogen) atoms. The molecule has 1 aromatic heterocycles. The lowest BCUT2D eigenvalue weighted by atomic mass is 10.1. The maximum Gasteiger partial charge on any atom is 0.224 e. The summed E-state index contributed by atoms with van der Waals surface area (Å²) in [7, 11) is 1.62. The molecule has 7 heteroatoms. The SMILES string of the molecule is COc1ccc(CCC(=O)Nc2cc(F)c3nc(N4CCOCC4)ccc3c2)cc1. The van der Waals surface area contributed by atoms with Gasteiger partial charge < -0.3 is 19.7 Å². The van der Waals surface area contributed by atoms with Gasteiger partial charge in [-0.1, -0.05) is 12.1 Å². The summed E-state index contributed by atoms with van der Waals surface area (Å²) in [4.78, 5) is 18.9. The molecule has 2 heterocycles. The lowest BCUT2D eigenvalue weighted by Crippen LogP contribution is -2.36. The van der Waals surface area contributed by atoms with Crippen LogP contribution in [0.3, 0.4) is 0 Å². The van der Waals surface area contributed by atoms with Gasteiger partial charge in [-0.2, -0.15) is 0 Å². The maximum absolute atomic E-state index is 14.7. The summed E-state index contributed by atoms with van der Waals surface area (Å²) in [6.07, 6.45) is 0.899. The second-order valence-corrected chi connectivity index (χ2v) is 7.19. The first-order valence-corrected chi connectivity index (χ1v) is 9.98. The van der Waals surface area contributed by atoms with E-state index >= 15 is 0 Å². The molecular formula is C23H24FN3O3. The Kier molecular flexibility index (Phi) is 6.09. The third-order valence-electron chi connectivity index (χ3n) is 5.15. The van der Waals surface area contributed by atoms with E-state index in [9.17, 15) is 9.18 Å². The number of nitrogens with zero attached hydrogens (tertiary/aromatic N) is 2. The van der Waals surface area contributed by atoms with E-state index in [1.807, 2.05) is 36.4 Å². The maximum atomic E-state index is 14.7. The van der Waals surface area contributed by atoms with Gasteiger partial charge in [0.2, 0.25) is 5.91 Å². The number of anilines is 2. The third-order valence-corrected chi connectivity index (χ3v) is 5.15. The number of hydrogen-bond donors (Lipinski definition) is 1. The minimum absolute atomic E-state index is 0.164. The van der Waals surface area contributed by atoms with Crippen molar-refractivity contribution >= 4 is 28.3 Å². The molecule has 0 unspecified atom stereocenters. The van der Waals surface area contributed by atoms with Crippen molar-refractivity contribution in [3.63, 3.8) is 0 Å². The summed E-state index contributed by atoms with van der Waals surface area (Å²) in [5, 5.41) is 3.44. The van der Waals surface area contributed by atoms with Crippen molar-refractivity contribution in [1.29, 1.82) is 0 Å². The Morgan fingerprint density at radius 1 is 1.17 bits per heavy atom. The number of aryl methyl sites for hydroxylation is 1. The quantitative estimate of drug-likeness (QED) is 0.671. The van der Waals surface area contributed by atoms with Crippen LogP contribution in [0.5, 0.6) is 5.75 Å². The van der Waals surface area contributed by atoms with Crippen molar-refractivity contribution in [1.82, 2.24) is 4.98 Å². The molecule has 6 nitrogen and oxygen atoms in total. The zero-order valence-corrected chi connectivity index (χ0v) is 16.9. The predicted molar refractivity (Wildman–Crippen MR) is 115 cm³/mol. The van der Waals surface area contributed by atoms with Gasteiger partial charge in [0, 0.05) is 30.6 Å². The number of carbonyl (C=O) groups excluding carboxylic acids is 1. The van der Waals surface area contributed by atoms with Crippen LogP contribution < -0.4 is 15.0 Å². The first-order chi connectivity index (χ1) is 14.6. The van der Waals surface area contributed by atoms with Crippen LogP contribution in [0.4, 0.5) is 15.9 Å². The van der Waals surface area contributed by atoms with Crippen molar-refractivity contribution < 1.29 is 18.7 Å². The van der Waals surface area contributed by atoms with Gasteiger partial charge in [0.05, 0.1) is 20.3 Å². The largest absolute Gasteiger partial charge is 0.497 e. The van der Waals surface area contributed by atoms with Crippen LogP contribution in [-0.4, -0.2) is 44.3 Å². The smallest absolute Gasteiger partial charge is 0.224 e. The van der Waals surface area contributed by atoms with Crippen LogP contribution in [0.15, 0.2) is 48.5 Å². The highest BCUT2D eigenvalue weighted by atomic mass is 19.1. The number of hydrogen-bond acceptors (Lipinski definition) is 5. The molecule has 1 aliphatic rings. The molecule has 0 spiro atoms. The van der Waals surface area contributed by atoms with Crippen molar-refractivity contribution in [3.8, 4) is 5.75 Å². The number of rotatable bonds is 6. The van der Waals surface area contributed by atoms with Gasteiger partial charge in [-0.15, -0.1) is 0 Å². The van der Waals surface area contributed by atoms with Crippen LogP contribution in [0.25, 0.3) is 10.9 Å². The van der Waals surface area contributed by atoms with Crippen molar-refractivity contribution in [2.75, 3.05) is 43.6 Å². The van der Waals surface area contributed by atoms with Gasteiger partial charge in [0.15, 0.2) is 5.82 Å².